The molecule has 0 saturated carbocycles. The van der Waals surface area contributed by atoms with Gasteiger partial charge in [0, 0.05) is 11.1 Å². The maximum Gasteiger partial charge on any atom is 0.354 e. The van der Waals surface area contributed by atoms with Crippen LogP contribution in [-0.2, 0) is 4.74 Å². The summed E-state index contributed by atoms with van der Waals surface area (Å²) >= 11 is 0. The standard InChI is InChI=1S/C21H19NO3/c1-3-25-21(24)18-13-17(19(22-18)15-7-5-4-6-8-15)20(23)16-11-9-14(2)10-12-16/h4-13,22H,3H2,1-2H3. The van der Waals surface area contributed by atoms with Gasteiger partial charge in [0.05, 0.1) is 12.3 Å². The Hall–Kier alpha value is -3.14. The second-order valence-corrected chi connectivity index (χ2v) is 5.75. The van der Waals surface area contributed by atoms with Crippen molar-refractivity contribution in [1.29, 1.82) is 0 Å². The van der Waals surface area contributed by atoms with Crippen LogP contribution in [0.15, 0.2) is 60.7 Å². The van der Waals surface area contributed by atoms with Gasteiger partial charge in [-0.15, -0.1) is 0 Å². The lowest BCUT2D eigenvalue weighted by Crippen LogP contribution is -2.04. The van der Waals surface area contributed by atoms with E-state index < -0.39 is 5.97 Å². The third kappa shape index (κ3) is 3.53. The lowest BCUT2D eigenvalue weighted by atomic mass is 9.99. The van der Waals surface area contributed by atoms with Crippen LogP contribution in [0, 0.1) is 6.92 Å². The molecule has 126 valence electrons. The second kappa shape index (κ2) is 7.18. The van der Waals surface area contributed by atoms with Crippen LogP contribution in [0.3, 0.4) is 0 Å². The van der Waals surface area contributed by atoms with E-state index in [4.69, 9.17) is 4.74 Å². The summed E-state index contributed by atoms with van der Waals surface area (Å²) in [4.78, 5) is 28.1. The van der Waals surface area contributed by atoms with Gasteiger partial charge < -0.3 is 9.72 Å². The summed E-state index contributed by atoms with van der Waals surface area (Å²) in [6, 6.07) is 18.4. The van der Waals surface area contributed by atoms with Crippen LogP contribution >= 0.6 is 0 Å². The number of hydrogen-bond acceptors (Lipinski definition) is 3. The topological polar surface area (TPSA) is 59.2 Å². The van der Waals surface area contributed by atoms with Crippen molar-refractivity contribution < 1.29 is 14.3 Å². The lowest BCUT2D eigenvalue weighted by molar-refractivity contribution is 0.0520. The van der Waals surface area contributed by atoms with E-state index in [1.807, 2.05) is 49.4 Å². The zero-order valence-corrected chi connectivity index (χ0v) is 14.2. The Morgan fingerprint density at radius 3 is 2.32 bits per heavy atom. The van der Waals surface area contributed by atoms with Crippen LogP contribution < -0.4 is 0 Å². The van der Waals surface area contributed by atoms with Gasteiger partial charge >= 0.3 is 5.97 Å². The molecule has 4 nitrogen and oxygen atoms in total. The highest BCUT2D eigenvalue weighted by Gasteiger charge is 2.21. The number of rotatable bonds is 5. The van der Waals surface area contributed by atoms with Gasteiger partial charge in [-0.25, -0.2) is 4.79 Å². The van der Waals surface area contributed by atoms with Crippen molar-refractivity contribution in [2.75, 3.05) is 6.61 Å². The van der Waals surface area contributed by atoms with Crippen molar-refractivity contribution in [2.24, 2.45) is 0 Å². The highest BCUT2D eigenvalue weighted by Crippen LogP contribution is 2.26. The molecule has 0 fully saturated rings. The zero-order chi connectivity index (χ0) is 17.8. The van der Waals surface area contributed by atoms with Gasteiger partial charge in [-0.2, -0.15) is 0 Å². The first kappa shape index (κ1) is 16.7. The fourth-order valence-electron chi connectivity index (χ4n) is 2.65. The van der Waals surface area contributed by atoms with Crippen LogP contribution in [0.2, 0.25) is 0 Å². The molecule has 0 aliphatic rings. The number of H-pyrrole nitrogens is 1. The van der Waals surface area contributed by atoms with Crippen molar-refractivity contribution in [3.63, 3.8) is 0 Å². The minimum Gasteiger partial charge on any atom is -0.461 e. The molecule has 0 aliphatic heterocycles. The van der Waals surface area contributed by atoms with Crippen molar-refractivity contribution in [1.82, 2.24) is 4.98 Å². The number of ether oxygens (including phenoxy) is 1. The number of carbonyl (C=O) groups excluding carboxylic acids is 2. The average molecular weight is 333 g/mol. The lowest BCUT2D eigenvalue weighted by Gasteiger charge is -2.04. The molecule has 0 atom stereocenters. The monoisotopic (exact) mass is 333 g/mol. The fraction of sp³-hybridized carbons (Fsp3) is 0.143. The van der Waals surface area contributed by atoms with E-state index in [9.17, 15) is 9.59 Å². The molecule has 0 bridgehead atoms. The molecule has 0 amide bonds. The van der Waals surface area contributed by atoms with Crippen LogP contribution in [0.1, 0.15) is 38.9 Å². The summed E-state index contributed by atoms with van der Waals surface area (Å²) in [5.41, 5.74) is 3.86. The van der Waals surface area contributed by atoms with E-state index in [-0.39, 0.29) is 18.1 Å². The Kier molecular flexibility index (Phi) is 4.80. The predicted octanol–water partition coefficient (Wildman–Crippen LogP) is 4.40. The zero-order valence-electron chi connectivity index (χ0n) is 14.2. The maximum atomic E-state index is 13.0. The van der Waals surface area contributed by atoms with Crippen molar-refractivity contribution in [3.05, 3.63) is 83.0 Å². The van der Waals surface area contributed by atoms with Gasteiger partial charge in [-0.3, -0.25) is 4.79 Å². The van der Waals surface area contributed by atoms with E-state index >= 15 is 0 Å². The van der Waals surface area contributed by atoms with E-state index in [0.717, 1.165) is 11.1 Å². The van der Waals surface area contributed by atoms with Crippen LogP contribution in [0.5, 0.6) is 0 Å². The Bertz CT molecular complexity index is 893. The summed E-state index contributed by atoms with van der Waals surface area (Å²) in [6.45, 7) is 4.00. The Morgan fingerprint density at radius 2 is 1.68 bits per heavy atom. The van der Waals surface area contributed by atoms with E-state index in [1.165, 1.54) is 0 Å². The SMILES string of the molecule is CCOC(=O)c1cc(C(=O)c2ccc(C)cc2)c(-c2ccccc2)[nH]1. The molecule has 3 aromatic rings. The highest BCUT2D eigenvalue weighted by atomic mass is 16.5. The Labute approximate surface area is 146 Å². The first-order valence-corrected chi connectivity index (χ1v) is 8.17. The molecule has 1 heterocycles. The van der Waals surface area contributed by atoms with Crippen molar-refractivity contribution in [2.45, 2.75) is 13.8 Å². The third-order valence-electron chi connectivity index (χ3n) is 3.93. The largest absolute Gasteiger partial charge is 0.461 e. The van der Waals surface area contributed by atoms with Crippen LogP contribution in [0.25, 0.3) is 11.3 Å². The second-order valence-electron chi connectivity index (χ2n) is 5.75. The Balaban J connectivity index is 2.08. The van der Waals surface area contributed by atoms with Gasteiger partial charge in [0.1, 0.15) is 5.69 Å². The minimum atomic E-state index is -0.470. The molecule has 2 aromatic carbocycles. The summed E-state index contributed by atoms with van der Waals surface area (Å²) in [5, 5.41) is 0. The fourth-order valence-corrected chi connectivity index (χ4v) is 2.65. The summed E-state index contributed by atoms with van der Waals surface area (Å²) in [7, 11) is 0. The summed E-state index contributed by atoms with van der Waals surface area (Å²) < 4.78 is 5.05. The molecule has 1 N–H and O–H groups in total. The van der Waals surface area contributed by atoms with E-state index in [2.05, 4.69) is 4.98 Å². The normalized spacial score (nSPS) is 10.5. The molecule has 0 saturated heterocycles. The van der Waals surface area contributed by atoms with E-state index in [1.54, 1.807) is 25.1 Å². The van der Waals surface area contributed by atoms with Gasteiger partial charge in [-0.05, 0) is 25.5 Å². The molecule has 0 spiro atoms. The number of benzene rings is 2. The van der Waals surface area contributed by atoms with Gasteiger partial charge in [0.15, 0.2) is 5.78 Å². The number of aryl methyl sites for hydroxylation is 1. The average Bonchev–Trinajstić information content (AvgIpc) is 3.08. The predicted molar refractivity (Wildman–Crippen MR) is 96.8 cm³/mol. The van der Waals surface area contributed by atoms with E-state index in [0.29, 0.717) is 16.8 Å². The molecule has 4 heteroatoms. The molecule has 0 aliphatic carbocycles. The number of hydrogen-bond donors (Lipinski definition) is 1. The molecular formula is C21H19NO3. The molecule has 3 rings (SSSR count). The van der Waals surface area contributed by atoms with Crippen molar-refractivity contribution >= 4 is 11.8 Å². The number of ketones is 1. The number of aromatic nitrogens is 1. The molecule has 1 aromatic heterocycles. The van der Waals surface area contributed by atoms with Gasteiger partial charge in [-0.1, -0.05) is 60.2 Å². The van der Waals surface area contributed by atoms with Crippen molar-refractivity contribution in [3.8, 4) is 11.3 Å². The molecular weight excluding hydrogens is 314 g/mol. The first-order valence-electron chi connectivity index (χ1n) is 8.17. The molecule has 25 heavy (non-hydrogen) atoms. The molecule has 0 radical (unpaired) electrons. The first-order chi connectivity index (χ1) is 12.1. The third-order valence-corrected chi connectivity index (χ3v) is 3.93. The van der Waals surface area contributed by atoms with Crippen LogP contribution in [0.4, 0.5) is 0 Å². The number of nitrogens with one attached hydrogen (secondary N) is 1. The number of esters is 1. The quantitative estimate of drug-likeness (QED) is 0.556. The number of aromatic amines is 1. The number of carbonyl (C=O) groups is 2. The smallest absolute Gasteiger partial charge is 0.354 e. The summed E-state index contributed by atoms with van der Waals surface area (Å²) in [6.07, 6.45) is 0. The van der Waals surface area contributed by atoms with Crippen LogP contribution in [-0.4, -0.2) is 23.3 Å². The minimum absolute atomic E-state index is 0.134. The Morgan fingerprint density at radius 1 is 1.00 bits per heavy atom. The summed E-state index contributed by atoms with van der Waals surface area (Å²) in [5.74, 6) is -0.603. The highest BCUT2D eigenvalue weighted by molar-refractivity contribution is 6.13. The van der Waals surface area contributed by atoms with Gasteiger partial charge in [0.25, 0.3) is 0 Å². The maximum absolute atomic E-state index is 13.0. The molecule has 0 unspecified atom stereocenters. The van der Waals surface area contributed by atoms with Gasteiger partial charge in [0.2, 0.25) is 0 Å².